The minimum atomic E-state index is -3.34. The Morgan fingerprint density at radius 2 is 1.56 bits per heavy atom. The maximum atomic E-state index is 12.6. The number of benzene rings is 2. The second-order valence-electron chi connectivity index (χ2n) is 5.81. The molecule has 0 radical (unpaired) electrons. The number of aryl methyl sites for hydroxylation is 1. The van der Waals surface area contributed by atoms with Crippen molar-refractivity contribution in [2.24, 2.45) is 0 Å². The molecule has 0 aliphatic heterocycles. The second kappa shape index (κ2) is 7.38. The van der Waals surface area contributed by atoms with E-state index in [-0.39, 0.29) is 27.2 Å². The molecule has 5 nitrogen and oxygen atoms in total. The molecule has 0 atom stereocenters. The standard InChI is InChI=1S/C19H14Cl2O5S/c1-11-16(21)17(22)19(26-14-7-5-13(20)6-8-14)18(25-11)12-3-9-15(10-4-12)27(2,23)24/h3-10H,1-2H3. The first-order valence-corrected chi connectivity index (χ1v) is 10.4. The largest absolute Gasteiger partial charge is 0.456 e. The van der Waals surface area contributed by atoms with Crippen molar-refractivity contribution in [2.45, 2.75) is 11.8 Å². The molecule has 3 rings (SSSR count). The molecular formula is C19H14Cl2O5S. The molecule has 0 unspecified atom stereocenters. The molecule has 8 heteroatoms. The summed E-state index contributed by atoms with van der Waals surface area (Å²) in [5, 5.41) is 0.434. The Balaban J connectivity index is 2.14. The van der Waals surface area contributed by atoms with Gasteiger partial charge in [-0.05, 0) is 55.5 Å². The van der Waals surface area contributed by atoms with Gasteiger partial charge in [0.15, 0.2) is 15.6 Å². The third-order valence-corrected chi connectivity index (χ3v) is 5.57. The molecule has 0 amide bonds. The third-order valence-electron chi connectivity index (χ3n) is 3.75. The average Bonchev–Trinajstić information content (AvgIpc) is 2.63. The Morgan fingerprint density at radius 3 is 2.11 bits per heavy atom. The zero-order valence-corrected chi connectivity index (χ0v) is 16.7. The van der Waals surface area contributed by atoms with E-state index in [0.717, 1.165) is 6.26 Å². The van der Waals surface area contributed by atoms with E-state index in [1.807, 2.05) is 0 Å². The van der Waals surface area contributed by atoms with Gasteiger partial charge in [-0.1, -0.05) is 23.2 Å². The molecule has 0 saturated carbocycles. The van der Waals surface area contributed by atoms with Crippen molar-refractivity contribution in [1.82, 2.24) is 0 Å². The van der Waals surface area contributed by atoms with E-state index in [0.29, 0.717) is 16.3 Å². The third kappa shape index (κ3) is 4.18. The van der Waals surface area contributed by atoms with Gasteiger partial charge >= 0.3 is 0 Å². The van der Waals surface area contributed by atoms with E-state index < -0.39 is 15.3 Å². The number of rotatable bonds is 4. The van der Waals surface area contributed by atoms with Gasteiger partial charge in [0, 0.05) is 16.8 Å². The first-order chi connectivity index (χ1) is 12.7. The van der Waals surface area contributed by atoms with Crippen molar-refractivity contribution < 1.29 is 17.6 Å². The van der Waals surface area contributed by atoms with Crippen molar-refractivity contribution in [3.05, 3.63) is 74.6 Å². The maximum Gasteiger partial charge on any atom is 0.246 e. The fourth-order valence-corrected chi connectivity index (χ4v) is 3.24. The Hall–Kier alpha value is -2.28. The van der Waals surface area contributed by atoms with E-state index in [1.165, 1.54) is 24.3 Å². The molecular weight excluding hydrogens is 411 g/mol. The van der Waals surface area contributed by atoms with Gasteiger partial charge in [-0.3, -0.25) is 4.79 Å². The van der Waals surface area contributed by atoms with Crippen LogP contribution in [0.4, 0.5) is 0 Å². The van der Waals surface area contributed by atoms with E-state index in [2.05, 4.69) is 0 Å². The van der Waals surface area contributed by atoms with Crippen LogP contribution in [-0.2, 0) is 9.84 Å². The summed E-state index contributed by atoms with van der Waals surface area (Å²) in [6.07, 6.45) is 1.11. The minimum absolute atomic E-state index is 0.0875. The molecule has 27 heavy (non-hydrogen) atoms. The normalized spacial score (nSPS) is 11.4. The lowest BCUT2D eigenvalue weighted by Gasteiger charge is -2.12. The van der Waals surface area contributed by atoms with Gasteiger partial charge in [0.05, 0.1) is 4.90 Å². The fraction of sp³-hybridized carbons (Fsp3) is 0.105. The van der Waals surface area contributed by atoms with Gasteiger partial charge in [-0.15, -0.1) is 0 Å². The van der Waals surface area contributed by atoms with E-state index in [1.54, 1.807) is 31.2 Å². The lowest BCUT2D eigenvalue weighted by atomic mass is 10.1. The van der Waals surface area contributed by atoms with E-state index in [9.17, 15) is 13.2 Å². The van der Waals surface area contributed by atoms with Crippen LogP contribution >= 0.6 is 23.2 Å². The van der Waals surface area contributed by atoms with Crippen LogP contribution in [0.5, 0.6) is 11.5 Å². The molecule has 0 aliphatic carbocycles. The van der Waals surface area contributed by atoms with Crippen molar-refractivity contribution >= 4 is 33.0 Å². The van der Waals surface area contributed by atoms with Crippen molar-refractivity contribution in [3.63, 3.8) is 0 Å². The summed E-state index contributed by atoms with van der Waals surface area (Å²) in [4.78, 5) is 12.8. The minimum Gasteiger partial charge on any atom is -0.456 e. The topological polar surface area (TPSA) is 73.6 Å². The summed E-state index contributed by atoms with van der Waals surface area (Å²) in [5.74, 6) is 0.657. The van der Waals surface area contributed by atoms with Crippen LogP contribution < -0.4 is 10.2 Å². The maximum absolute atomic E-state index is 12.6. The molecule has 2 aromatic carbocycles. The average molecular weight is 425 g/mol. The Bertz CT molecular complexity index is 1150. The zero-order chi connectivity index (χ0) is 19.8. The van der Waals surface area contributed by atoms with Crippen molar-refractivity contribution in [2.75, 3.05) is 6.26 Å². The van der Waals surface area contributed by atoms with Gasteiger partial charge in [0.2, 0.25) is 11.2 Å². The zero-order valence-electron chi connectivity index (χ0n) is 14.3. The first kappa shape index (κ1) is 19.5. The molecule has 0 bridgehead atoms. The number of halogens is 2. The number of hydrogen-bond acceptors (Lipinski definition) is 5. The van der Waals surface area contributed by atoms with Crippen molar-refractivity contribution in [1.29, 1.82) is 0 Å². The van der Waals surface area contributed by atoms with Crippen LogP contribution in [0, 0.1) is 6.92 Å². The van der Waals surface area contributed by atoms with Crippen LogP contribution in [-0.4, -0.2) is 14.7 Å². The molecule has 0 fully saturated rings. The summed E-state index contributed by atoms with van der Waals surface area (Å²) < 4.78 is 34.7. The molecule has 1 heterocycles. The highest BCUT2D eigenvalue weighted by Crippen LogP contribution is 2.34. The summed E-state index contributed by atoms with van der Waals surface area (Å²) in [7, 11) is -3.34. The monoisotopic (exact) mass is 424 g/mol. The molecule has 0 spiro atoms. The van der Waals surface area contributed by atoms with Crippen LogP contribution in [0.1, 0.15) is 5.76 Å². The molecule has 0 saturated heterocycles. The predicted molar refractivity (Wildman–Crippen MR) is 105 cm³/mol. The lowest BCUT2D eigenvalue weighted by molar-refractivity contribution is 0.439. The van der Waals surface area contributed by atoms with E-state index >= 15 is 0 Å². The fourth-order valence-electron chi connectivity index (χ4n) is 2.36. The molecule has 0 aliphatic rings. The summed E-state index contributed by atoms with van der Waals surface area (Å²) in [6.45, 7) is 1.56. The summed E-state index contributed by atoms with van der Waals surface area (Å²) in [6, 6.07) is 12.4. The highest BCUT2D eigenvalue weighted by atomic mass is 35.5. The predicted octanol–water partition coefficient (Wildman–Crippen LogP) is 5.12. The van der Waals surface area contributed by atoms with Gasteiger partial charge in [0.25, 0.3) is 0 Å². The first-order valence-electron chi connectivity index (χ1n) is 7.74. The highest BCUT2D eigenvalue weighted by Gasteiger charge is 2.20. The van der Waals surface area contributed by atoms with Crippen molar-refractivity contribution in [3.8, 4) is 22.8 Å². The quantitative estimate of drug-likeness (QED) is 0.580. The molecule has 0 N–H and O–H groups in total. The highest BCUT2D eigenvalue weighted by molar-refractivity contribution is 7.90. The number of sulfone groups is 1. The van der Waals surface area contributed by atoms with Crippen LogP contribution in [0.25, 0.3) is 11.3 Å². The summed E-state index contributed by atoms with van der Waals surface area (Å²) >= 11 is 11.9. The Kier molecular flexibility index (Phi) is 5.33. The Labute approximate surface area is 166 Å². The van der Waals surface area contributed by atoms with Gasteiger partial charge in [-0.2, -0.15) is 0 Å². The number of hydrogen-bond donors (Lipinski definition) is 0. The van der Waals surface area contributed by atoms with Gasteiger partial charge in [0.1, 0.15) is 16.5 Å². The van der Waals surface area contributed by atoms with Crippen LogP contribution in [0.2, 0.25) is 10.0 Å². The van der Waals surface area contributed by atoms with E-state index in [4.69, 9.17) is 32.4 Å². The van der Waals surface area contributed by atoms with Crippen LogP contribution in [0.15, 0.2) is 62.6 Å². The van der Waals surface area contributed by atoms with Gasteiger partial charge in [-0.25, -0.2) is 8.42 Å². The summed E-state index contributed by atoms with van der Waals surface area (Å²) in [5.41, 5.74) is -0.0548. The molecule has 140 valence electrons. The Morgan fingerprint density at radius 1 is 0.963 bits per heavy atom. The number of ether oxygens (including phenoxy) is 1. The van der Waals surface area contributed by atoms with Crippen LogP contribution in [0.3, 0.4) is 0 Å². The molecule has 1 aromatic heterocycles. The lowest BCUT2D eigenvalue weighted by Crippen LogP contribution is -2.09. The second-order valence-corrected chi connectivity index (χ2v) is 8.64. The SMILES string of the molecule is Cc1oc(-c2ccc(S(C)(=O)=O)cc2)c(Oc2ccc(Cl)cc2)c(=O)c1Cl. The molecule has 3 aromatic rings. The smallest absolute Gasteiger partial charge is 0.246 e. The van der Waals surface area contributed by atoms with Gasteiger partial charge < -0.3 is 9.15 Å².